The zero-order valence-corrected chi connectivity index (χ0v) is 14.9. The first-order valence-corrected chi connectivity index (χ1v) is 9.55. The van der Waals surface area contributed by atoms with Gasteiger partial charge in [-0.15, -0.1) is 0 Å². The Morgan fingerprint density at radius 2 is 1.87 bits per heavy atom. The maximum absolute atomic E-state index is 13.3. The van der Waals surface area contributed by atoms with E-state index >= 15 is 0 Å². The standard InChI is InChI=1S/C20H32O3/c1-17(2)7-4-8-18(3)14-6-5-13-10-19(14,11-20(13,23)12-21)16(22)9-15(17)18/h13-15,21,23H,4-12H2,1-3H3/t13-,14-,15-,18+,19-,20-/m1/s1. The van der Waals surface area contributed by atoms with Crippen LogP contribution in [0.4, 0.5) is 0 Å². The number of Topliss-reactive ketones (excluding diaryl/α,β-unsaturated/α-hetero) is 1. The molecule has 6 atom stereocenters. The van der Waals surface area contributed by atoms with E-state index in [2.05, 4.69) is 20.8 Å². The average Bonchev–Trinajstić information content (AvgIpc) is 2.71. The second kappa shape index (κ2) is 4.60. The maximum atomic E-state index is 13.3. The fourth-order valence-electron chi connectivity index (χ4n) is 7.71. The molecule has 0 aromatic carbocycles. The van der Waals surface area contributed by atoms with Crippen molar-refractivity contribution in [1.29, 1.82) is 0 Å². The fourth-order valence-corrected chi connectivity index (χ4v) is 7.71. The normalized spacial score (nSPS) is 54.5. The lowest BCUT2D eigenvalue weighted by Gasteiger charge is -2.62. The topological polar surface area (TPSA) is 57.5 Å². The van der Waals surface area contributed by atoms with E-state index in [1.165, 1.54) is 19.3 Å². The van der Waals surface area contributed by atoms with Gasteiger partial charge in [-0.25, -0.2) is 0 Å². The van der Waals surface area contributed by atoms with E-state index in [1.54, 1.807) is 0 Å². The molecule has 3 heteroatoms. The summed E-state index contributed by atoms with van der Waals surface area (Å²) < 4.78 is 0. The van der Waals surface area contributed by atoms with Gasteiger partial charge in [0.25, 0.3) is 0 Å². The Kier molecular flexibility index (Phi) is 3.22. The molecule has 0 amide bonds. The van der Waals surface area contributed by atoms with Crippen molar-refractivity contribution in [3.63, 3.8) is 0 Å². The quantitative estimate of drug-likeness (QED) is 0.779. The van der Waals surface area contributed by atoms with E-state index < -0.39 is 5.60 Å². The number of fused-ring (bicyclic) bond motifs is 3. The molecule has 0 saturated heterocycles. The maximum Gasteiger partial charge on any atom is 0.139 e. The number of carbonyl (C=O) groups is 1. The first-order valence-electron chi connectivity index (χ1n) is 9.55. The molecular formula is C20H32O3. The lowest BCUT2D eigenvalue weighted by Crippen LogP contribution is -2.59. The first kappa shape index (κ1) is 16.1. The third-order valence-corrected chi connectivity index (χ3v) is 8.75. The summed E-state index contributed by atoms with van der Waals surface area (Å²) in [6.45, 7) is 6.95. The highest BCUT2D eigenvalue weighted by atomic mass is 16.3. The largest absolute Gasteiger partial charge is 0.393 e. The molecule has 4 aliphatic carbocycles. The van der Waals surface area contributed by atoms with Crippen LogP contribution in [-0.2, 0) is 4.79 Å². The molecule has 0 heterocycles. The molecule has 0 unspecified atom stereocenters. The Morgan fingerprint density at radius 3 is 2.57 bits per heavy atom. The van der Waals surface area contributed by atoms with Crippen LogP contribution in [0.25, 0.3) is 0 Å². The van der Waals surface area contributed by atoms with Crippen LogP contribution in [0.2, 0.25) is 0 Å². The molecule has 4 rings (SSSR count). The SMILES string of the molecule is CC1(C)CCC[C@]2(C)[C@@H]1CC(=O)[C@@]13C[C@@H](CC[C@@H]12)[C@](O)(CO)C3. The smallest absolute Gasteiger partial charge is 0.139 e. The van der Waals surface area contributed by atoms with Crippen LogP contribution >= 0.6 is 0 Å². The van der Waals surface area contributed by atoms with Gasteiger partial charge < -0.3 is 10.2 Å². The lowest BCUT2D eigenvalue weighted by atomic mass is 9.41. The van der Waals surface area contributed by atoms with Gasteiger partial charge in [0.1, 0.15) is 5.78 Å². The highest BCUT2D eigenvalue weighted by molar-refractivity contribution is 5.87. The monoisotopic (exact) mass is 320 g/mol. The minimum Gasteiger partial charge on any atom is -0.393 e. The molecule has 3 nitrogen and oxygen atoms in total. The number of aliphatic hydroxyl groups is 2. The van der Waals surface area contributed by atoms with Crippen molar-refractivity contribution in [1.82, 2.24) is 0 Å². The van der Waals surface area contributed by atoms with Gasteiger partial charge >= 0.3 is 0 Å². The summed E-state index contributed by atoms with van der Waals surface area (Å²) >= 11 is 0. The predicted molar refractivity (Wildman–Crippen MR) is 88.8 cm³/mol. The second-order valence-corrected chi connectivity index (χ2v) is 10.2. The summed E-state index contributed by atoms with van der Waals surface area (Å²) in [5, 5.41) is 20.7. The molecule has 130 valence electrons. The van der Waals surface area contributed by atoms with Crippen LogP contribution in [0.3, 0.4) is 0 Å². The van der Waals surface area contributed by atoms with E-state index in [1.807, 2.05) is 0 Å². The van der Waals surface area contributed by atoms with Crippen molar-refractivity contribution in [2.45, 2.75) is 77.7 Å². The van der Waals surface area contributed by atoms with E-state index in [9.17, 15) is 15.0 Å². The van der Waals surface area contributed by atoms with Gasteiger partial charge in [0, 0.05) is 11.8 Å². The second-order valence-electron chi connectivity index (χ2n) is 10.2. The number of aliphatic hydroxyl groups excluding tert-OH is 1. The van der Waals surface area contributed by atoms with Gasteiger partial charge in [-0.2, -0.15) is 0 Å². The molecule has 2 bridgehead atoms. The predicted octanol–water partition coefficient (Wildman–Crippen LogP) is 3.32. The summed E-state index contributed by atoms with van der Waals surface area (Å²) in [6, 6.07) is 0. The van der Waals surface area contributed by atoms with Crippen LogP contribution in [0.5, 0.6) is 0 Å². The fraction of sp³-hybridized carbons (Fsp3) is 0.950. The Balaban J connectivity index is 1.78. The lowest BCUT2D eigenvalue weighted by molar-refractivity contribution is -0.170. The molecular weight excluding hydrogens is 288 g/mol. The molecule has 23 heavy (non-hydrogen) atoms. The van der Waals surface area contributed by atoms with Crippen molar-refractivity contribution >= 4 is 5.78 Å². The van der Waals surface area contributed by atoms with Crippen molar-refractivity contribution < 1.29 is 15.0 Å². The van der Waals surface area contributed by atoms with Crippen LogP contribution in [0.15, 0.2) is 0 Å². The Morgan fingerprint density at radius 1 is 1.13 bits per heavy atom. The molecule has 2 N–H and O–H groups in total. The number of hydrogen-bond donors (Lipinski definition) is 2. The Labute approximate surface area is 139 Å². The van der Waals surface area contributed by atoms with E-state index in [-0.39, 0.29) is 28.8 Å². The van der Waals surface area contributed by atoms with Gasteiger partial charge in [-0.3, -0.25) is 4.79 Å². The van der Waals surface area contributed by atoms with Gasteiger partial charge in [-0.1, -0.05) is 27.2 Å². The highest BCUT2D eigenvalue weighted by Crippen LogP contribution is 2.71. The highest BCUT2D eigenvalue weighted by Gasteiger charge is 2.70. The van der Waals surface area contributed by atoms with E-state index in [0.29, 0.717) is 30.5 Å². The first-order chi connectivity index (χ1) is 10.7. The van der Waals surface area contributed by atoms with Crippen molar-refractivity contribution in [2.24, 2.45) is 34.0 Å². The zero-order valence-electron chi connectivity index (χ0n) is 14.9. The summed E-state index contributed by atoms with van der Waals surface area (Å²) in [7, 11) is 0. The van der Waals surface area contributed by atoms with E-state index in [0.717, 1.165) is 19.3 Å². The summed E-state index contributed by atoms with van der Waals surface area (Å²) in [5.74, 6) is 1.39. The average molecular weight is 320 g/mol. The third kappa shape index (κ3) is 1.87. The molecule has 4 fully saturated rings. The minimum atomic E-state index is -1.02. The third-order valence-electron chi connectivity index (χ3n) is 8.75. The van der Waals surface area contributed by atoms with Gasteiger partial charge in [0.15, 0.2) is 0 Å². The molecule has 0 aliphatic heterocycles. The molecule has 0 aromatic rings. The van der Waals surface area contributed by atoms with Crippen molar-refractivity contribution in [2.75, 3.05) is 6.61 Å². The summed E-state index contributed by atoms with van der Waals surface area (Å²) in [5.41, 5.74) is -0.898. The number of hydrogen-bond acceptors (Lipinski definition) is 3. The van der Waals surface area contributed by atoms with Crippen LogP contribution in [-0.4, -0.2) is 28.2 Å². The Bertz CT molecular complexity index is 541. The number of ketones is 1. The molecule has 1 spiro atoms. The van der Waals surface area contributed by atoms with Crippen molar-refractivity contribution in [3.05, 3.63) is 0 Å². The van der Waals surface area contributed by atoms with E-state index in [4.69, 9.17) is 0 Å². The van der Waals surface area contributed by atoms with Crippen LogP contribution < -0.4 is 0 Å². The van der Waals surface area contributed by atoms with Gasteiger partial charge in [0.2, 0.25) is 0 Å². The van der Waals surface area contributed by atoms with Crippen LogP contribution in [0, 0.1) is 34.0 Å². The van der Waals surface area contributed by atoms with Gasteiger partial charge in [-0.05, 0) is 67.1 Å². The Hall–Kier alpha value is -0.410. The number of carbonyl (C=O) groups excluding carboxylic acids is 1. The molecule has 0 radical (unpaired) electrons. The van der Waals surface area contributed by atoms with Gasteiger partial charge in [0.05, 0.1) is 12.2 Å². The van der Waals surface area contributed by atoms with Crippen molar-refractivity contribution in [3.8, 4) is 0 Å². The minimum absolute atomic E-state index is 0.115. The molecule has 4 saturated carbocycles. The molecule has 0 aromatic heterocycles. The molecule has 4 aliphatic rings. The van der Waals surface area contributed by atoms with Crippen LogP contribution in [0.1, 0.15) is 72.1 Å². The summed E-state index contributed by atoms with van der Waals surface area (Å²) in [6.07, 6.45) is 7.75. The zero-order chi connectivity index (χ0) is 16.7. The summed E-state index contributed by atoms with van der Waals surface area (Å²) in [4.78, 5) is 13.3. The number of rotatable bonds is 1.